The molecule has 0 saturated carbocycles. The average molecular weight is 297 g/mol. The van der Waals surface area contributed by atoms with Crippen molar-refractivity contribution in [2.45, 2.75) is 6.54 Å². The fraction of sp³-hybridized carbons (Fsp3) is 0.385. The van der Waals surface area contributed by atoms with Crippen molar-refractivity contribution in [2.75, 3.05) is 27.4 Å². The molecule has 0 spiro atoms. The summed E-state index contributed by atoms with van der Waals surface area (Å²) in [5.41, 5.74) is 0.437. The molecular weight excluding hydrogens is 281 g/mol. The molecule has 5 nitrogen and oxygen atoms in total. The molecule has 0 aliphatic rings. The first-order chi connectivity index (χ1) is 9.74. The van der Waals surface area contributed by atoms with Gasteiger partial charge in [-0.2, -0.15) is 0 Å². The molecule has 0 aliphatic carbocycles. The van der Waals surface area contributed by atoms with Gasteiger partial charge in [0.25, 0.3) is 0 Å². The fourth-order valence-corrected chi connectivity index (χ4v) is 2.44. The number of halogens is 1. The van der Waals surface area contributed by atoms with Gasteiger partial charge in [0.1, 0.15) is 16.6 Å². The highest BCUT2D eigenvalue weighted by Crippen LogP contribution is 2.28. The van der Waals surface area contributed by atoms with E-state index in [4.69, 9.17) is 9.47 Å². The van der Waals surface area contributed by atoms with E-state index in [1.165, 1.54) is 24.5 Å². The molecule has 2 aromatic rings. The van der Waals surface area contributed by atoms with Crippen molar-refractivity contribution in [2.24, 2.45) is 0 Å². The van der Waals surface area contributed by atoms with E-state index in [1.54, 1.807) is 19.2 Å². The quantitative estimate of drug-likeness (QED) is 0.793. The van der Waals surface area contributed by atoms with E-state index in [9.17, 15) is 4.39 Å². The number of hydrogen-bond donors (Lipinski definition) is 1. The van der Waals surface area contributed by atoms with Crippen molar-refractivity contribution >= 4 is 11.3 Å². The van der Waals surface area contributed by atoms with E-state index in [0.717, 1.165) is 11.6 Å². The molecule has 0 aliphatic heterocycles. The molecule has 1 aromatic carbocycles. The van der Waals surface area contributed by atoms with E-state index in [1.807, 2.05) is 0 Å². The number of rotatable bonds is 7. The Morgan fingerprint density at radius 3 is 2.85 bits per heavy atom. The summed E-state index contributed by atoms with van der Waals surface area (Å²) >= 11 is 1.37. The number of nitrogens with one attached hydrogen (secondary N) is 1. The Morgan fingerprint density at radius 1 is 1.30 bits per heavy atom. The lowest BCUT2D eigenvalue weighted by Gasteiger charge is -2.02. The Balaban J connectivity index is 2.04. The van der Waals surface area contributed by atoms with E-state index in [0.29, 0.717) is 29.5 Å². The molecule has 7 heteroatoms. The summed E-state index contributed by atoms with van der Waals surface area (Å²) in [5, 5.41) is 12.6. The van der Waals surface area contributed by atoms with Crippen LogP contribution in [0, 0.1) is 5.82 Å². The summed E-state index contributed by atoms with van der Waals surface area (Å²) in [4.78, 5) is 0. The Morgan fingerprint density at radius 2 is 2.15 bits per heavy atom. The first-order valence-corrected chi connectivity index (χ1v) is 6.92. The van der Waals surface area contributed by atoms with Gasteiger partial charge in [0.05, 0.1) is 13.7 Å². The standard InChI is InChI=1S/C13H16FN3O2S/c1-18-6-5-15-8-12-16-17-13(20-12)10-4-3-9(19-2)7-11(10)14/h3-4,7,15H,5-6,8H2,1-2H3. The van der Waals surface area contributed by atoms with E-state index in [-0.39, 0.29) is 5.82 Å². The number of aromatic nitrogens is 2. The lowest BCUT2D eigenvalue weighted by molar-refractivity contribution is 0.199. The summed E-state index contributed by atoms with van der Waals surface area (Å²) < 4.78 is 23.8. The van der Waals surface area contributed by atoms with Crippen LogP contribution in [-0.4, -0.2) is 37.6 Å². The maximum atomic E-state index is 13.9. The van der Waals surface area contributed by atoms with Gasteiger partial charge in [-0.15, -0.1) is 10.2 Å². The van der Waals surface area contributed by atoms with Gasteiger partial charge in [0, 0.05) is 31.8 Å². The molecule has 1 N–H and O–H groups in total. The molecule has 1 aromatic heterocycles. The summed E-state index contributed by atoms with van der Waals surface area (Å²) in [6.45, 7) is 1.97. The summed E-state index contributed by atoms with van der Waals surface area (Å²) in [6, 6.07) is 4.69. The van der Waals surface area contributed by atoms with Crippen LogP contribution in [0.4, 0.5) is 4.39 Å². The highest BCUT2D eigenvalue weighted by atomic mass is 32.1. The van der Waals surface area contributed by atoms with E-state index >= 15 is 0 Å². The van der Waals surface area contributed by atoms with Crippen molar-refractivity contribution in [1.82, 2.24) is 15.5 Å². The topological polar surface area (TPSA) is 56.3 Å². The zero-order valence-electron chi connectivity index (χ0n) is 11.4. The van der Waals surface area contributed by atoms with Crippen molar-refractivity contribution in [3.8, 4) is 16.3 Å². The minimum absolute atomic E-state index is 0.362. The van der Waals surface area contributed by atoms with Crippen molar-refractivity contribution < 1.29 is 13.9 Å². The number of methoxy groups -OCH3 is 2. The van der Waals surface area contributed by atoms with Crippen molar-refractivity contribution in [3.05, 3.63) is 29.0 Å². The molecule has 0 fully saturated rings. The molecule has 108 valence electrons. The second-order valence-corrected chi connectivity index (χ2v) is 5.08. The van der Waals surface area contributed by atoms with Crippen LogP contribution < -0.4 is 10.1 Å². The molecule has 2 rings (SSSR count). The minimum Gasteiger partial charge on any atom is -0.497 e. The Bertz CT molecular complexity index is 562. The Hall–Kier alpha value is -1.57. The van der Waals surface area contributed by atoms with Gasteiger partial charge in [0.15, 0.2) is 5.01 Å². The van der Waals surface area contributed by atoms with E-state index in [2.05, 4.69) is 15.5 Å². The molecule has 0 radical (unpaired) electrons. The SMILES string of the molecule is COCCNCc1nnc(-c2ccc(OC)cc2F)s1. The highest BCUT2D eigenvalue weighted by molar-refractivity contribution is 7.14. The normalized spacial score (nSPS) is 10.8. The highest BCUT2D eigenvalue weighted by Gasteiger charge is 2.12. The first-order valence-electron chi connectivity index (χ1n) is 6.10. The molecule has 0 atom stereocenters. The molecular formula is C13H16FN3O2S. The van der Waals surface area contributed by atoms with Crippen LogP contribution in [0.2, 0.25) is 0 Å². The van der Waals surface area contributed by atoms with Crippen LogP contribution in [0.1, 0.15) is 5.01 Å². The Kier molecular flexibility index (Phi) is 5.40. The maximum absolute atomic E-state index is 13.9. The molecule has 0 amide bonds. The summed E-state index contributed by atoms with van der Waals surface area (Å²) in [5.74, 6) is 0.122. The minimum atomic E-state index is -0.362. The van der Waals surface area contributed by atoms with Crippen LogP contribution >= 0.6 is 11.3 Å². The summed E-state index contributed by atoms with van der Waals surface area (Å²) in [7, 11) is 3.15. The largest absolute Gasteiger partial charge is 0.497 e. The molecule has 0 unspecified atom stereocenters. The third-order valence-electron chi connectivity index (χ3n) is 2.63. The van der Waals surface area contributed by atoms with Gasteiger partial charge >= 0.3 is 0 Å². The van der Waals surface area contributed by atoms with Crippen molar-refractivity contribution in [1.29, 1.82) is 0 Å². The first kappa shape index (κ1) is 14.8. The lowest BCUT2D eigenvalue weighted by atomic mass is 10.2. The van der Waals surface area contributed by atoms with Crippen LogP contribution in [0.25, 0.3) is 10.6 Å². The zero-order chi connectivity index (χ0) is 14.4. The number of nitrogens with zero attached hydrogens (tertiary/aromatic N) is 2. The van der Waals surface area contributed by atoms with Crippen LogP contribution in [0.5, 0.6) is 5.75 Å². The van der Waals surface area contributed by atoms with Crippen LogP contribution in [0.3, 0.4) is 0 Å². The predicted molar refractivity (Wildman–Crippen MR) is 75.4 cm³/mol. The average Bonchev–Trinajstić information content (AvgIpc) is 2.92. The fourth-order valence-electron chi connectivity index (χ4n) is 1.60. The molecule has 0 saturated heterocycles. The van der Waals surface area contributed by atoms with Gasteiger partial charge in [-0.25, -0.2) is 4.39 Å². The van der Waals surface area contributed by atoms with Crippen molar-refractivity contribution in [3.63, 3.8) is 0 Å². The number of benzene rings is 1. The smallest absolute Gasteiger partial charge is 0.150 e. The van der Waals surface area contributed by atoms with Gasteiger partial charge in [-0.3, -0.25) is 0 Å². The van der Waals surface area contributed by atoms with Gasteiger partial charge in [-0.1, -0.05) is 11.3 Å². The van der Waals surface area contributed by atoms with Gasteiger partial charge in [-0.05, 0) is 12.1 Å². The molecule has 1 heterocycles. The molecule has 20 heavy (non-hydrogen) atoms. The summed E-state index contributed by atoms with van der Waals surface area (Å²) in [6.07, 6.45) is 0. The second-order valence-electron chi connectivity index (χ2n) is 4.02. The molecule has 0 bridgehead atoms. The zero-order valence-corrected chi connectivity index (χ0v) is 12.2. The third kappa shape index (κ3) is 3.72. The van der Waals surface area contributed by atoms with E-state index < -0.39 is 0 Å². The second kappa shape index (κ2) is 7.28. The maximum Gasteiger partial charge on any atom is 0.150 e. The van der Waals surface area contributed by atoms with Crippen LogP contribution in [0.15, 0.2) is 18.2 Å². The van der Waals surface area contributed by atoms with Gasteiger partial charge < -0.3 is 14.8 Å². The Labute approximate surface area is 120 Å². The van der Waals surface area contributed by atoms with Gasteiger partial charge in [0.2, 0.25) is 0 Å². The monoisotopic (exact) mass is 297 g/mol. The number of hydrogen-bond acceptors (Lipinski definition) is 6. The predicted octanol–water partition coefficient (Wildman–Crippen LogP) is 2.09. The third-order valence-corrected chi connectivity index (χ3v) is 3.59. The number of ether oxygens (including phenoxy) is 2. The van der Waals surface area contributed by atoms with Crippen LogP contribution in [-0.2, 0) is 11.3 Å². The lowest BCUT2D eigenvalue weighted by Crippen LogP contribution is -2.18.